The monoisotopic (exact) mass is 431 g/mol. The second-order valence-corrected chi connectivity index (χ2v) is 7.14. The highest BCUT2D eigenvalue weighted by Crippen LogP contribution is 2.29. The quantitative estimate of drug-likeness (QED) is 0.400. The van der Waals surface area contributed by atoms with Gasteiger partial charge in [-0.3, -0.25) is 4.40 Å². The fourth-order valence-corrected chi connectivity index (χ4v) is 3.58. The number of hydrogen-bond donors (Lipinski definition) is 0. The van der Waals surface area contributed by atoms with Gasteiger partial charge in [-0.15, -0.1) is 0 Å². The van der Waals surface area contributed by atoms with E-state index >= 15 is 0 Å². The van der Waals surface area contributed by atoms with Crippen molar-refractivity contribution in [2.24, 2.45) is 0 Å². The average Bonchev–Trinajstić information content (AvgIpc) is 3.38. The van der Waals surface area contributed by atoms with Gasteiger partial charge in [0.2, 0.25) is 5.28 Å². The molecule has 0 N–H and O–H groups in total. The van der Waals surface area contributed by atoms with E-state index in [1.165, 1.54) is 4.68 Å². The van der Waals surface area contributed by atoms with Crippen LogP contribution in [-0.2, 0) is 12.7 Å². The molecular formula is C19H13ClF3N7. The minimum Gasteiger partial charge on any atom is -0.304 e. The van der Waals surface area contributed by atoms with Crippen LogP contribution in [0.15, 0.2) is 49.1 Å². The molecular weight excluding hydrogens is 419 g/mol. The van der Waals surface area contributed by atoms with Crippen molar-refractivity contribution < 1.29 is 13.2 Å². The summed E-state index contributed by atoms with van der Waals surface area (Å²) in [7, 11) is 0. The van der Waals surface area contributed by atoms with Crippen LogP contribution in [0, 0.1) is 6.92 Å². The summed E-state index contributed by atoms with van der Waals surface area (Å²) in [6.07, 6.45) is 0.547. The highest BCUT2D eigenvalue weighted by atomic mass is 35.5. The topological polar surface area (TPSA) is 65.8 Å². The van der Waals surface area contributed by atoms with Crippen molar-refractivity contribution in [1.29, 1.82) is 0 Å². The largest absolute Gasteiger partial charge is 0.435 e. The molecule has 11 heteroatoms. The summed E-state index contributed by atoms with van der Waals surface area (Å²) < 4.78 is 43.9. The van der Waals surface area contributed by atoms with Crippen molar-refractivity contribution in [3.63, 3.8) is 0 Å². The number of rotatable bonds is 3. The van der Waals surface area contributed by atoms with Gasteiger partial charge < -0.3 is 4.57 Å². The summed E-state index contributed by atoms with van der Waals surface area (Å²) in [5.41, 5.74) is 3.22. The lowest BCUT2D eigenvalue weighted by atomic mass is 10.2. The maximum absolute atomic E-state index is 12.9. The van der Waals surface area contributed by atoms with Gasteiger partial charge in [-0.25, -0.2) is 14.6 Å². The number of aromatic nitrogens is 7. The van der Waals surface area contributed by atoms with Crippen molar-refractivity contribution in [1.82, 2.24) is 33.7 Å². The molecule has 0 saturated carbocycles. The Morgan fingerprint density at radius 3 is 2.57 bits per heavy atom. The van der Waals surface area contributed by atoms with Gasteiger partial charge in [0, 0.05) is 5.69 Å². The molecule has 0 aliphatic rings. The number of nitrogens with zero attached hydrogens (tertiary/aromatic N) is 7. The van der Waals surface area contributed by atoms with Crippen LogP contribution in [0.2, 0.25) is 5.28 Å². The summed E-state index contributed by atoms with van der Waals surface area (Å²) in [4.78, 5) is 12.5. The Hall–Kier alpha value is -3.40. The predicted molar refractivity (Wildman–Crippen MR) is 104 cm³/mol. The van der Waals surface area contributed by atoms with Crippen LogP contribution < -0.4 is 0 Å². The molecule has 0 unspecified atom stereocenters. The molecule has 0 aliphatic carbocycles. The number of imidazole rings is 2. The van der Waals surface area contributed by atoms with Gasteiger partial charge >= 0.3 is 6.18 Å². The third-order valence-corrected chi connectivity index (χ3v) is 5.01. The fourth-order valence-electron chi connectivity index (χ4n) is 3.45. The molecule has 0 fully saturated rings. The molecule has 0 atom stereocenters. The normalized spacial score (nSPS) is 12.3. The smallest absolute Gasteiger partial charge is 0.304 e. The third kappa shape index (κ3) is 3.00. The van der Waals surface area contributed by atoms with E-state index in [0.29, 0.717) is 23.6 Å². The van der Waals surface area contributed by atoms with Crippen LogP contribution in [0.4, 0.5) is 13.2 Å². The molecule has 30 heavy (non-hydrogen) atoms. The van der Waals surface area contributed by atoms with Gasteiger partial charge in [0.15, 0.2) is 11.3 Å². The zero-order valence-corrected chi connectivity index (χ0v) is 16.2. The number of hydrogen-bond acceptors (Lipinski definition) is 4. The van der Waals surface area contributed by atoms with Crippen molar-refractivity contribution in [3.8, 4) is 5.69 Å². The molecule has 5 aromatic rings. The Morgan fingerprint density at radius 2 is 1.87 bits per heavy atom. The molecule has 0 amide bonds. The summed E-state index contributed by atoms with van der Waals surface area (Å²) in [5, 5.41) is 3.83. The van der Waals surface area contributed by atoms with Crippen molar-refractivity contribution >= 4 is 28.4 Å². The number of fused-ring (bicyclic) bond motifs is 3. The highest BCUT2D eigenvalue weighted by molar-refractivity contribution is 6.28. The standard InChI is InChI=1S/C19H13ClF3N7/c1-11-6-15(19(21,22)23)27-30(11)13-4-2-12(3-5-13)9-28-16-8-24-10-29(16)14-7-25-18(20)26-17(14)28/h2-8,10H,9H2,1H3. The second-order valence-electron chi connectivity index (χ2n) is 6.80. The first-order valence-corrected chi connectivity index (χ1v) is 9.25. The molecule has 0 aliphatic heterocycles. The maximum atomic E-state index is 12.9. The van der Waals surface area contributed by atoms with Gasteiger partial charge in [-0.1, -0.05) is 12.1 Å². The van der Waals surface area contributed by atoms with E-state index in [2.05, 4.69) is 20.1 Å². The van der Waals surface area contributed by atoms with Gasteiger partial charge in [0.1, 0.15) is 17.5 Å². The van der Waals surface area contributed by atoms with Crippen molar-refractivity contribution in [3.05, 3.63) is 71.3 Å². The van der Waals surface area contributed by atoms with E-state index in [-0.39, 0.29) is 5.28 Å². The Bertz CT molecular complexity index is 1380. The first-order valence-electron chi connectivity index (χ1n) is 8.87. The van der Waals surface area contributed by atoms with Crippen LogP contribution in [-0.4, -0.2) is 33.7 Å². The summed E-state index contributed by atoms with van der Waals surface area (Å²) in [6.45, 7) is 2.06. The second kappa shape index (κ2) is 6.56. The lowest BCUT2D eigenvalue weighted by molar-refractivity contribution is -0.141. The molecule has 0 saturated heterocycles. The Labute approximate surface area is 172 Å². The molecule has 4 heterocycles. The third-order valence-electron chi connectivity index (χ3n) is 4.83. The Balaban J connectivity index is 1.51. The highest BCUT2D eigenvalue weighted by Gasteiger charge is 2.34. The molecule has 152 valence electrons. The molecule has 0 bridgehead atoms. The van der Waals surface area contributed by atoms with Gasteiger partial charge in [0.25, 0.3) is 0 Å². The molecule has 0 spiro atoms. The summed E-state index contributed by atoms with van der Waals surface area (Å²) in [5.74, 6) is 0. The Kier molecular flexibility index (Phi) is 4.07. The summed E-state index contributed by atoms with van der Waals surface area (Å²) >= 11 is 5.98. The number of halogens is 4. The maximum Gasteiger partial charge on any atom is 0.435 e. The van der Waals surface area contributed by atoms with Gasteiger partial charge in [-0.2, -0.15) is 23.3 Å². The zero-order valence-electron chi connectivity index (χ0n) is 15.5. The van der Waals surface area contributed by atoms with E-state index in [1.54, 1.807) is 37.8 Å². The predicted octanol–water partition coefficient (Wildman–Crippen LogP) is 4.29. The average molecular weight is 432 g/mol. The number of alkyl halides is 3. The van der Waals surface area contributed by atoms with E-state index in [1.807, 2.05) is 21.1 Å². The van der Waals surface area contributed by atoms with Crippen LogP contribution >= 0.6 is 11.6 Å². The van der Waals surface area contributed by atoms with E-state index < -0.39 is 11.9 Å². The number of benzene rings is 1. The van der Waals surface area contributed by atoms with Crippen LogP contribution in [0.25, 0.3) is 22.5 Å². The Morgan fingerprint density at radius 1 is 1.10 bits per heavy atom. The zero-order chi connectivity index (χ0) is 21.0. The van der Waals surface area contributed by atoms with E-state index in [9.17, 15) is 13.2 Å². The molecule has 0 radical (unpaired) electrons. The first-order chi connectivity index (χ1) is 14.3. The van der Waals surface area contributed by atoms with Crippen LogP contribution in [0.3, 0.4) is 0 Å². The molecule has 5 rings (SSSR count). The fraction of sp³-hybridized carbons (Fsp3) is 0.158. The minimum absolute atomic E-state index is 0.141. The minimum atomic E-state index is -4.48. The van der Waals surface area contributed by atoms with Crippen molar-refractivity contribution in [2.45, 2.75) is 19.6 Å². The lowest BCUT2D eigenvalue weighted by Crippen LogP contribution is -2.07. The van der Waals surface area contributed by atoms with E-state index in [0.717, 1.165) is 22.8 Å². The number of aryl methyl sites for hydroxylation is 1. The van der Waals surface area contributed by atoms with Gasteiger partial charge in [0.05, 0.1) is 24.6 Å². The van der Waals surface area contributed by atoms with Crippen LogP contribution in [0.1, 0.15) is 17.0 Å². The van der Waals surface area contributed by atoms with Gasteiger partial charge in [-0.05, 0) is 42.3 Å². The summed E-state index contributed by atoms with van der Waals surface area (Å²) in [6, 6.07) is 8.17. The molecule has 7 nitrogen and oxygen atoms in total. The van der Waals surface area contributed by atoms with E-state index in [4.69, 9.17) is 11.6 Å². The van der Waals surface area contributed by atoms with Crippen LogP contribution in [0.5, 0.6) is 0 Å². The SMILES string of the molecule is Cc1cc(C(F)(F)F)nn1-c1ccc(Cn2c3nc(Cl)ncc3n3cncc23)cc1. The first kappa shape index (κ1) is 18.6. The van der Waals surface area contributed by atoms with Crippen molar-refractivity contribution in [2.75, 3.05) is 0 Å². The molecule has 1 aromatic carbocycles. The lowest BCUT2D eigenvalue weighted by Gasteiger charge is -2.08. The molecule has 4 aromatic heterocycles.